The van der Waals surface area contributed by atoms with Crippen molar-refractivity contribution in [1.29, 1.82) is 0 Å². The Labute approximate surface area is 124 Å². The first kappa shape index (κ1) is 14.5. The zero-order chi connectivity index (χ0) is 14.9. The Morgan fingerprint density at radius 3 is 2.76 bits per heavy atom. The molecule has 3 rings (SSSR count). The molecule has 0 bridgehead atoms. The highest BCUT2D eigenvalue weighted by Crippen LogP contribution is 2.28. The molecule has 0 unspecified atom stereocenters. The Kier molecular flexibility index (Phi) is 3.95. The zero-order valence-electron chi connectivity index (χ0n) is 12.1. The topological polar surface area (TPSA) is 67.6 Å². The van der Waals surface area contributed by atoms with E-state index in [4.69, 9.17) is 0 Å². The number of nitrogens with zero attached hydrogens (tertiary/aromatic N) is 4. The molecule has 1 saturated heterocycles. The summed E-state index contributed by atoms with van der Waals surface area (Å²) in [5, 5.41) is 4.14. The van der Waals surface area contributed by atoms with Crippen LogP contribution in [-0.2, 0) is 10.0 Å². The van der Waals surface area contributed by atoms with Crippen LogP contribution in [0.4, 0.5) is 0 Å². The summed E-state index contributed by atoms with van der Waals surface area (Å²) in [5.41, 5.74) is 1.88. The van der Waals surface area contributed by atoms with Crippen molar-refractivity contribution in [2.75, 3.05) is 18.8 Å². The minimum Gasteiger partial charge on any atom is -0.233 e. The van der Waals surface area contributed by atoms with E-state index in [2.05, 4.69) is 10.1 Å². The summed E-state index contributed by atoms with van der Waals surface area (Å²) in [4.78, 5) is 4.61. The number of piperidine rings is 1. The first-order valence-electron chi connectivity index (χ1n) is 7.38. The standard InChI is InChI=1S/C14H20N4O2S/c1-2-11-21(19,20)17-8-4-12(5-9-17)13-6-10-18-14(16-13)3-7-15-18/h3,6-7,10,12H,2,4-5,8-9,11H2,1H3. The van der Waals surface area contributed by atoms with Gasteiger partial charge in [0.05, 0.1) is 11.9 Å². The molecule has 1 fully saturated rings. The minimum absolute atomic E-state index is 0.248. The van der Waals surface area contributed by atoms with Crippen LogP contribution in [0.5, 0.6) is 0 Å². The molecule has 0 aliphatic carbocycles. The Morgan fingerprint density at radius 2 is 2.05 bits per heavy atom. The van der Waals surface area contributed by atoms with E-state index in [9.17, 15) is 8.42 Å². The van der Waals surface area contributed by atoms with Gasteiger partial charge in [0.25, 0.3) is 0 Å². The van der Waals surface area contributed by atoms with Crippen LogP contribution in [0, 0.1) is 0 Å². The molecule has 0 aromatic carbocycles. The SMILES string of the molecule is CCCS(=O)(=O)N1CCC(c2ccn3nccc3n2)CC1. The molecule has 114 valence electrons. The molecule has 3 heterocycles. The highest BCUT2D eigenvalue weighted by atomic mass is 32.2. The van der Waals surface area contributed by atoms with Gasteiger partial charge in [-0.25, -0.2) is 22.2 Å². The lowest BCUT2D eigenvalue weighted by Crippen LogP contribution is -2.39. The van der Waals surface area contributed by atoms with Crippen LogP contribution in [0.1, 0.15) is 37.8 Å². The Balaban J connectivity index is 1.70. The molecule has 0 radical (unpaired) electrons. The molecule has 0 saturated carbocycles. The largest absolute Gasteiger partial charge is 0.233 e. The molecular weight excluding hydrogens is 288 g/mol. The van der Waals surface area contributed by atoms with Crippen LogP contribution in [0.15, 0.2) is 24.5 Å². The maximum atomic E-state index is 12.1. The van der Waals surface area contributed by atoms with Crippen LogP contribution in [-0.4, -0.2) is 46.2 Å². The Morgan fingerprint density at radius 1 is 1.29 bits per heavy atom. The lowest BCUT2D eigenvalue weighted by atomic mass is 9.94. The van der Waals surface area contributed by atoms with Crippen molar-refractivity contribution in [2.45, 2.75) is 32.1 Å². The predicted molar refractivity (Wildman–Crippen MR) is 80.6 cm³/mol. The van der Waals surface area contributed by atoms with Crippen LogP contribution >= 0.6 is 0 Å². The molecule has 0 amide bonds. The molecule has 0 spiro atoms. The van der Waals surface area contributed by atoms with Crippen LogP contribution in [0.25, 0.3) is 5.65 Å². The molecule has 1 aliphatic rings. The summed E-state index contributed by atoms with van der Waals surface area (Å²) in [7, 11) is -3.07. The Hall–Kier alpha value is -1.47. The minimum atomic E-state index is -3.07. The molecule has 0 atom stereocenters. The summed E-state index contributed by atoms with van der Waals surface area (Å²) in [6.45, 7) is 3.09. The number of fused-ring (bicyclic) bond motifs is 1. The van der Waals surface area contributed by atoms with Crippen molar-refractivity contribution in [3.05, 3.63) is 30.2 Å². The van der Waals surface area contributed by atoms with E-state index in [0.29, 0.717) is 25.4 Å². The van der Waals surface area contributed by atoms with E-state index in [0.717, 1.165) is 24.2 Å². The van der Waals surface area contributed by atoms with Gasteiger partial charge in [-0.3, -0.25) is 0 Å². The molecule has 6 nitrogen and oxygen atoms in total. The highest BCUT2D eigenvalue weighted by Gasteiger charge is 2.28. The molecule has 7 heteroatoms. The van der Waals surface area contributed by atoms with Gasteiger partial charge >= 0.3 is 0 Å². The zero-order valence-corrected chi connectivity index (χ0v) is 13.0. The number of rotatable bonds is 4. The quantitative estimate of drug-likeness (QED) is 0.861. The maximum absolute atomic E-state index is 12.1. The summed E-state index contributed by atoms with van der Waals surface area (Å²) in [6.07, 6.45) is 5.98. The summed E-state index contributed by atoms with van der Waals surface area (Å²) >= 11 is 0. The van der Waals surface area contributed by atoms with Crippen LogP contribution in [0.2, 0.25) is 0 Å². The van der Waals surface area contributed by atoms with E-state index < -0.39 is 10.0 Å². The smallest absolute Gasteiger partial charge is 0.214 e. The number of sulfonamides is 1. The first-order valence-corrected chi connectivity index (χ1v) is 8.99. The van der Waals surface area contributed by atoms with E-state index in [1.165, 1.54) is 0 Å². The van der Waals surface area contributed by atoms with Crippen molar-refractivity contribution >= 4 is 15.7 Å². The van der Waals surface area contributed by atoms with Gasteiger partial charge in [-0.15, -0.1) is 0 Å². The fraction of sp³-hybridized carbons (Fsp3) is 0.571. The van der Waals surface area contributed by atoms with E-state index in [1.807, 2.05) is 25.3 Å². The summed E-state index contributed by atoms with van der Waals surface area (Å²) in [6, 6.07) is 3.87. The van der Waals surface area contributed by atoms with Crippen molar-refractivity contribution < 1.29 is 8.42 Å². The second kappa shape index (κ2) is 5.73. The van der Waals surface area contributed by atoms with Crippen molar-refractivity contribution in [2.24, 2.45) is 0 Å². The van der Waals surface area contributed by atoms with Gasteiger partial charge < -0.3 is 0 Å². The number of hydrogen-bond acceptors (Lipinski definition) is 4. The van der Waals surface area contributed by atoms with Crippen molar-refractivity contribution in [1.82, 2.24) is 18.9 Å². The second-order valence-electron chi connectivity index (χ2n) is 5.48. The fourth-order valence-electron chi connectivity index (χ4n) is 2.87. The number of hydrogen-bond donors (Lipinski definition) is 0. The maximum Gasteiger partial charge on any atom is 0.214 e. The molecule has 0 N–H and O–H groups in total. The highest BCUT2D eigenvalue weighted by molar-refractivity contribution is 7.89. The van der Waals surface area contributed by atoms with Gasteiger partial charge in [0, 0.05) is 37.0 Å². The lowest BCUT2D eigenvalue weighted by molar-refractivity contribution is 0.316. The number of aromatic nitrogens is 3. The van der Waals surface area contributed by atoms with E-state index in [1.54, 1.807) is 15.0 Å². The third-order valence-electron chi connectivity index (χ3n) is 4.01. The second-order valence-corrected chi connectivity index (χ2v) is 7.56. The normalized spacial score (nSPS) is 18.3. The van der Waals surface area contributed by atoms with E-state index in [-0.39, 0.29) is 5.75 Å². The van der Waals surface area contributed by atoms with Gasteiger partial charge in [-0.1, -0.05) is 6.92 Å². The van der Waals surface area contributed by atoms with Crippen molar-refractivity contribution in [3.8, 4) is 0 Å². The third kappa shape index (κ3) is 2.94. The van der Waals surface area contributed by atoms with Crippen molar-refractivity contribution in [3.63, 3.8) is 0 Å². The van der Waals surface area contributed by atoms with Gasteiger partial charge in [-0.2, -0.15) is 5.10 Å². The molecular formula is C14H20N4O2S. The monoisotopic (exact) mass is 308 g/mol. The molecule has 2 aromatic heterocycles. The van der Waals surface area contributed by atoms with Gasteiger partial charge in [0.2, 0.25) is 10.0 Å². The molecule has 2 aromatic rings. The van der Waals surface area contributed by atoms with Crippen LogP contribution in [0.3, 0.4) is 0 Å². The molecule has 1 aliphatic heterocycles. The average Bonchev–Trinajstić information content (AvgIpc) is 2.94. The van der Waals surface area contributed by atoms with E-state index >= 15 is 0 Å². The first-order chi connectivity index (χ1) is 10.1. The average molecular weight is 308 g/mol. The fourth-order valence-corrected chi connectivity index (χ4v) is 4.41. The van der Waals surface area contributed by atoms with Gasteiger partial charge in [-0.05, 0) is 25.3 Å². The summed E-state index contributed by atoms with van der Waals surface area (Å²) in [5.74, 6) is 0.579. The third-order valence-corrected chi connectivity index (χ3v) is 6.08. The predicted octanol–water partition coefficient (Wildman–Crippen LogP) is 1.65. The Bertz CT molecular complexity index is 717. The lowest BCUT2D eigenvalue weighted by Gasteiger charge is -2.30. The van der Waals surface area contributed by atoms with Gasteiger partial charge in [0.15, 0.2) is 5.65 Å². The van der Waals surface area contributed by atoms with Gasteiger partial charge in [0.1, 0.15) is 0 Å². The summed E-state index contributed by atoms with van der Waals surface area (Å²) < 4.78 is 27.5. The van der Waals surface area contributed by atoms with Crippen LogP contribution < -0.4 is 0 Å². The molecule has 21 heavy (non-hydrogen) atoms.